The fourth-order valence-corrected chi connectivity index (χ4v) is 5.47. The Bertz CT molecular complexity index is 1590. The normalized spacial score (nSPS) is 14.8. The van der Waals surface area contributed by atoms with E-state index in [9.17, 15) is 14.0 Å². The molecule has 39 heavy (non-hydrogen) atoms. The van der Waals surface area contributed by atoms with E-state index in [-0.39, 0.29) is 24.4 Å². The van der Waals surface area contributed by atoms with Gasteiger partial charge in [0.15, 0.2) is 11.5 Å². The predicted octanol–water partition coefficient (Wildman–Crippen LogP) is 6.16. The maximum atomic E-state index is 13.5. The van der Waals surface area contributed by atoms with Crippen LogP contribution in [0.5, 0.6) is 11.5 Å². The lowest BCUT2D eigenvalue weighted by Gasteiger charge is -2.30. The number of ether oxygens (including phenoxy) is 2. The molecule has 0 fully saturated rings. The van der Waals surface area contributed by atoms with Gasteiger partial charge in [0.25, 0.3) is 11.8 Å². The van der Waals surface area contributed by atoms with Crippen LogP contribution >= 0.6 is 11.8 Å². The average Bonchev–Trinajstić information content (AvgIpc) is 3.43. The third-order valence-corrected chi connectivity index (χ3v) is 7.52. The number of hydrogen-bond donors (Lipinski definition) is 1. The van der Waals surface area contributed by atoms with E-state index in [1.54, 1.807) is 29.2 Å². The van der Waals surface area contributed by atoms with E-state index in [1.807, 2.05) is 60.7 Å². The molecule has 6 rings (SSSR count). The first-order valence-electron chi connectivity index (χ1n) is 12.4. The molecule has 2 aliphatic rings. The Kier molecular flexibility index (Phi) is 6.77. The first-order chi connectivity index (χ1) is 19.0. The van der Waals surface area contributed by atoms with Crippen LogP contribution < -0.4 is 19.7 Å². The van der Waals surface area contributed by atoms with Gasteiger partial charge in [-0.1, -0.05) is 54.2 Å². The van der Waals surface area contributed by atoms with Crippen LogP contribution in [0.4, 0.5) is 10.1 Å². The molecule has 0 radical (unpaired) electrons. The molecule has 1 N–H and O–H groups in total. The number of thioether (sulfide) groups is 1. The minimum atomic E-state index is -0.315. The van der Waals surface area contributed by atoms with Crippen LogP contribution in [0.25, 0.3) is 6.08 Å². The lowest BCUT2D eigenvalue weighted by atomic mass is 10.1. The highest BCUT2D eigenvalue weighted by Crippen LogP contribution is 2.42. The molecule has 2 amide bonds. The number of carbonyl (C=O) groups excluding carboxylic acids is 2. The largest absolute Gasteiger partial charge is 0.454 e. The minimum absolute atomic E-state index is 0.131. The van der Waals surface area contributed by atoms with Crippen molar-refractivity contribution in [2.45, 2.75) is 18.0 Å². The van der Waals surface area contributed by atoms with Crippen molar-refractivity contribution >= 4 is 35.3 Å². The Morgan fingerprint density at radius 3 is 2.49 bits per heavy atom. The Morgan fingerprint density at radius 2 is 1.67 bits per heavy atom. The first-order valence-corrected chi connectivity index (χ1v) is 13.2. The van der Waals surface area contributed by atoms with Gasteiger partial charge in [0.2, 0.25) is 6.79 Å². The van der Waals surface area contributed by atoms with Crippen molar-refractivity contribution in [1.82, 2.24) is 5.32 Å². The smallest absolute Gasteiger partial charge is 0.265 e. The summed E-state index contributed by atoms with van der Waals surface area (Å²) < 4.78 is 24.1. The Morgan fingerprint density at radius 1 is 0.923 bits per heavy atom. The maximum Gasteiger partial charge on any atom is 0.265 e. The van der Waals surface area contributed by atoms with Gasteiger partial charge in [0, 0.05) is 17.0 Å². The molecular weight excluding hydrogens is 515 g/mol. The van der Waals surface area contributed by atoms with E-state index in [0.717, 1.165) is 27.3 Å². The summed E-state index contributed by atoms with van der Waals surface area (Å²) in [7, 11) is 0. The molecule has 0 bridgehead atoms. The zero-order valence-electron chi connectivity index (χ0n) is 20.7. The molecular formula is C31H23FN2O4S. The van der Waals surface area contributed by atoms with Crippen molar-refractivity contribution in [2.75, 3.05) is 11.7 Å². The van der Waals surface area contributed by atoms with Crippen molar-refractivity contribution in [3.63, 3.8) is 0 Å². The van der Waals surface area contributed by atoms with Crippen molar-refractivity contribution < 1.29 is 23.5 Å². The molecule has 6 nitrogen and oxygen atoms in total. The molecule has 0 saturated carbocycles. The highest BCUT2D eigenvalue weighted by atomic mass is 32.2. The number of halogens is 1. The van der Waals surface area contributed by atoms with Gasteiger partial charge in [-0.25, -0.2) is 4.39 Å². The second kappa shape index (κ2) is 10.7. The SMILES string of the molecule is O=C(NCc1ccc2c(c1)OCO2)c1ccc(/C=C2\Sc3ccccc3N(Cc3ccc(F)cc3)C2=O)cc1. The predicted molar refractivity (Wildman–Crippen MR) is 148 cm³/mol. The summed E-state index contributed by atoms with van der Waals surface area (Å²) in [6.45, 7) is 0.892. The van der Waals surface area contributed by atoms with Gasteiger partial charge in [0.1, 0.15) is 5.82 Å². The van der Waals surface area contributed by atoms with E-state index in [4.69, 9.17) is 9.47 Å². The van der Waals surface area contributed by atoms with Crippen LogP contribution in [0.3, 0.4) is 0 Å². The van der Waals surface area contributed by atoms with E-state index >= 15 is 0 Å². The highest BCUT2D eigenvalue weighted by Gasteiger charge is 2.29. The summed E-state index contributed by atoms with van der Waals surface area (Å²) in [5, 5.41) is 2.92. The number of nitrogens with zero attached hydrogens (tertiary/aromatic N) is 1. The Hall–Kier alpha value is -4.56. The van der Waals surface area contributed by atoms with Gasteiger partial charge in [-0.3, -0.25) is 9.59 Å². The number of rotatable bonds is 6. The van der Waals surface area contributed by atoms with Gasteiger partial charge in [-0.15, -0.1) is 0 Å². The standard InChI is InChI=1S/C31H23FN2O4S/c32-24-12-7-21(8-13-24)18-34-25-3-1-2-4-28(25)39-29(31(34)36)16-20-5-10-23(11-6-20)30(35)33-17-22-9-14-26-27(15-22)38-19-37-26/h1-16H,17-19H2,(H,33,35)/b29-16-. The summed E-state index contributed by atoms with van der Waals surface area (Å²) in [6, 6.07) is 26.6. The fourth-order valence-electron chi connectivity index (χ4n) is 4.41. The number of hydrogen-bond acceptors (Lipinski definition) is 5. The summed E-state index contributed by atoms with van der Waals surface area (Å²) in [5.74, 6) is 0.730. The maximum absolute atomic E-state index is 13.5. The minimum Gasteiger partial charge on any atom is -0.454 e. The zero-order valence-corrected chi connectivity index (χ0v) is 21.5. The van der Waals surface area contributed by atoms with Crippen molar-refractivity contribution in [1.29, 1.82) is 0 Å². The topological polar surface area (TPSA) is 67.9 Å². The van der Waals surface area contributed by atoms with Gasteiger partial charge in [-0.2, -0.15) is 0 Å². The number of fused-ring (bicyclic) bond motifs is 2. The van der Waals surface area contributed by atoms with Gasteiger partial charge >= 0.3 is 0 Å². The molecule has 0 unspecified atom stereocenters. The van der Waals surface area contributed by atoms with Crippen molar-refractivity contribution in [3.8, 4) is 11.5 Å². The third-order valence-electron chi connectivity index (χ3n) is 6.45. The van der Waals surface area contributed by atoms with E-state index in [0.29, 0.717) is 35.1 Å². The van der Waals surface area contributed by atoms with Gasteiger partial charge in [0.05, 0.1) is 17.1 Å². The van der Waals surface area contributed by atoms with Crippen LogP contribution in [0, 0.1) is 5.82 Å². The first kappa shape index (κ1) is 24.8. The number of para-hydroxylation sites is 1. The summed E-state index contributed by atoms with van der Waals surface area (Å²) in [5.41, 5.74) is 3.89. The lowest BCUT2D eigenvalue weighted by Crippen LogP contribution is -2.33. The van der Waals surface area contributed by atoms with E-state index < -0.39 is 0 Å². The van der Waals surface area contributed by atoms with Gasteiger partial charge in [-0.05, 0) is 71.3 Å². The number of carbonyl (C=O) groups is 2. The molecule has 8 heteroatoms. The number of benzene rings is 4. The van der Waals surface area contributed by atoms with Crippen LogP contribution in [0.2, 0.25) is 0 Å². The Labute approximate surface area is 229 Å². The number of anilines is 1. The molecule has 2 heterocycles. The molecule has 0 saturated heterocycles. The highest BCUT2D eigenvalue weighted by molar-refractivity contribution is 8.04. The molecule has 0 spiro atoms. The molecule has 0 atom stereocenters. The fraction of sp³-hybridized carbons (Fsp3) is 0.0968. The van der Waals surface area contributed by atoms with Crippen molar-refractivity contribution in [2.24, 2.45) is 0 Å². The van der Waals surface area contributed by atoms with E-state index in [1.165, 1.54) is 23.9 Å². The Balaban J connectivity index is 1.17. The molecule has 4 aromatic rings. The van der Waals surface area contributed by atoms with E-state index in [2.05, 4.69) is 5.32 Å². The summed E-state index contributed by atoms with van der Waals surface area (Å²) in [4.78, 5) is 29.5. The molecule has 2 aliphatic heterocycles. The lowest BCUT2D eigenvalue weighted by molar-refractivity contribution is -0.114. The number of amides is 2. The number of nitrogens with one attached hydrogen (secondary N) is 1. The summed E-state index contributed by atoms with van der Waals surface area (Å²) >= 11 is 1.41. The molecule has 0 aliphatic carbocycles. The molecule has 194 valence electrons. The monoisotopic (exact) mass is 538 g/mol. The second-order valence-corrected chi connectivity index (χ2v) is 10.2. The van der Waals surface area contributed by atoms with Crippen molar-refractivity contribution in [3.05, 3.63) is 124 Å². The second-order valence-electron chi connectivity index (χ2n) is 9.09. The quantitative estimate of drug-likeness (QED) is 0.298. The van der Waals surface area contributed by atoms with Crippen LogP contribution in [-0.2, 0) is 17.9 Å². The van der Waals surface area contributed by atoms with Crippen LogP contribution in [0.1, 0.15) is 27.0 Å². The molecule has 4 aromatic carbocycles. The van der Waals surface area contributed by atoms with Gasteiger partial charge < -0.3 is 19.7 Å². The van der Waals surface area contributed by atoms with Crippen LogP contribution in [0.15, 0.2) is 101 Å². The summed E-state index contributed by atoms with van der Waals surface area (Å²) in [6.07, 6.45) is 1.83. The third kappa shape index (κ3) is 5.37. The average molecular weight is 539 g/mol. The molecule has 0 aromatic heterocycles. The zero-order chi connectivity index (χ0) is 26.8. The van der Waals surface area contributed by atoms with Crippen LogP contribution in [-0.4, -0.2) is 18.6 Å².